The topological polar surface area (TPSA) is 80.5 Å². The molecule has 1 amide bonds. The first-order valence-electron chi connectivity index (χ1n) is 10.7. The molecule has 0 radical (unpaired) electrons. The summed E-state index contributed by atoms with van der Waals surface area (Å²) in [5, 5.41) is 11.2. The van der Waals surface area contributed by atoms with Crippen LogP contribution in [0.3, 0.4) is 0 Å². The Kier molecular flexibility index (Phi) is 7.18. The standard InChI is InChI=1S/C24H27F3N4O3/c1-15(2)31(22(32)34-23(3,4)5)14-20-29-30-21(33-20)18-8-6-7-9-19(18)28-17-12-10-16(11-13-17)24(25,26)27/h6-13,15,28H,14H2,1-5H3. The Morgan fingerprint density at radius 2 is 1.71 bits per heavy atom. The first kappa shape index (κ1) is 25.1. The molecule has 3 aromatic rings. The van der Waals surface area contributed by atoms with Gasteiger partial charge in [0.15, 0.2) is 0 Å². The number of nitrogens with zero attached hydrogens (tertiary/aromatic N) is 3. The number of hydrogen-bond donors (Lipinski definition) is 1. The zero-order valence-electron chi connectivity index (χ0n) is 19.6. The van der Waals surface area contributed by atoms with Gasteiger partial charge in [0.1, 0.15) is 12.1 Å². The second kappa shape index (κ2) is 9.74. The highest BCUT2D eigenvalue weighted by atomic mass is 19.4. The van der Waals surface area contributed by atoms with Crippen molar-refractivity contribution < 1.29 is 27.1 Å². The number of hydrogen-bond acceptors (Lipinski definition) is 6. The molecule has 0 aliphatic rings. The minimum atomic E-state index is -4.40. The summed E-state index contributed by atoms with van der Waals surface area (Å²) in [5.41, 5.74) is 0.233. The number of halogens is 3. The Hall–Kier alpha value is -3.56. The Labute approximate surface area is 195 Å². The number of alkyl halides is 3. The number of benzene rings is 2. The lowest BCUT2D eigenvalue weighted by molar-refractivity contribution is -0.137. The number of amides is 1. The van der Waals surface area contributed by atoms with Gasteiger partial charge in [0.2, 0.25) is 11.8 Å². The highest BCUT2D eigenvalue weighted by Gasteiger charge is 2.30. The Bertz CT molecular complexity index is 1120. The molecule has 1 aromatic heterocycles. The van der Waals surface area contributed by atoms with E-state index in [1.807, 2.05) is 13.8 Å². The number of carbonyl (C=O) groups is 1. The van der Waals surface area contributed by atoms with E-state index in [4.69, 9.17) is 9.15 Å². The molecule has 10 heteroatoms. The van der Waals surface area contributed by atoms with E-state index < -0.39 is 23.4 Å². The Morgan fingerprint density at radius 3 is 2.29 bits per heavy atom. The van der Waals surface area contributed by atoms with Gasteiger partial charge in [-0.25, -0.2) is 4.79 Å². The van der Waals surface area contributed by atoms with E-state index in [1.165, 1.54) is 17.0 Å². The van der Waals surface area contributed by atoms with Gasteiger partial charge in [-0.15, -0.1) is 10.2 Å². The van der Waals surface area contributed by atoms with E-state index in [-0.39, 0.29) is 24.4 Å². The minimum Gasteiger partial charge on any atom is -0.444 e. The molecule has 1 N–H and O–H groups in total. The van der Waals surface area contributed by atoms with Crippen LogP contribution in [-0.2, 0) is 17.5 Å². The summed E-state index contributed by atoms with van der Waals surface area (Å²) in [6.07, 6.45) is -4.90. The zero-order valence-corrected chi connectivity index (χ0v) is 19.6. The number of para-hydroxylation sites is 1. The fourth-order valence-electron chi connectivity index (χ4n) is 3.03. The van der Waals surface area contributed by atoms with Gasteiger partial charge in [0, 0.05) is 11.7 Å². The number of carbonyl (C=O) groups excluding carboxylic acids is 1. The van der Waals surface area contributed by atoms with Crippen molar-refractivity contribution in [1.82, 2.24) is 15.1 Å². The van der Waals surface area contributed by atoms with E-state index in [2.05, 4.69) is 15.5 Å². The van der Waals surface area contributed by atoms with Gasteiger partial charge in [-0.05, 0) is 71.0 Å². The summed E-state index contributed by atoms with van der Waals surface area (Å²) in [7, 11) is 0. The molecule has 0 fully saturated rings. The van der Waals surface area contributed by atoms with Crippen LogP contribution in [0.1, 0.15) is 46.1 Å². The third-order valence-corrected chi connectivity index (χ3v) is 4.67. The SMILES string of the molecule is CC(C)N(Cc1nnc(-c2ccccc2Nc2ccc(C(F)(F)F)cc2)o1)C(=O)OC(C)(C)C. The molecular weight excluding hydrogens is 449 g/mol. The lowest BCUT2D eigenvalue weighted by Gasteiger charge is -2.29. The molecule has 0 spiro atoms. The van der Waals surface area contributed by atoms with Crippen molar-refractivity contribution in [2.45, 2.75) is 59.0 Å². The van der Waals surface area contributed by atoms with Crippen molar-refractivity contribution in [2.75, 3.05) is 5.32 Å². The predicted octanol–water partition coefficient (Wildman–Crippen LogP) is 6.64. The average Bonchev–Trinajstić information content (AvgIpc) is 3.19. The normalized spacial score (nSPS) is 12.0. The fourth-order valence-corrected chi connectivity index (χ4v) is 3.03. The van der Waals surface area contributed by atoms with Crippen LogP contribution in [-0.4, -0.2) is 32.8 Å². The molecule has 0 saturated heterocycles. The average molecular weight is 476 g/mol. The van der Waals surface area contributed by atoms with Crippen molar-refractivity contribution in [3.8, 4) is 11.5 Å². The number of nitrogens with one attached hydrogen (secondary N) is 1. The number of rotatable bonds is 6. The van der Waals surface area contributed by atoms with Crippen LogP contribution < -0.4 is 5.32 Å². The van der Waals surface area contributed by atoms with E-state index in [9.17, 15) is 18.0 Å². The zero-order chi connectivity index (χ0) is 25.1. The van der Waals surface area contributed by atoms with E-state index in [1.54, 1.807) is 45.0 Å². The number of aromatic nitrogens is 2. The third-order valence-electron chi connectivity index (χ3n) is 4.67. The molecule has 0 aliphatic heterocycles. The van der Waals surface area contributed by atoms with Crippen molar-refractivity contribution in [2.24, 2.45) is 0 Å². The smallest absolute Gasteiger partial charge is 0.416 e. The van der Waals surface area contributed by atoms with Crippen LogP contribution in [0.15, 0.2) is 52.9 Å². The Balaban J connectivity index is 1.80. The molecule has 2 aromatic carbocycles. The Morgan fingerprint density at radius 1 is 1.06 bits per heavy atom. The van der Waals surface area contributed by atoms with Crippen LogP contribution in [0, 0.1) is 0 Å². The second-order valence-corrected chi connectivity index (χ2v) is 8.95. The molecule has 1 heterocycles. The molecule has 7 nitrogen and oxygen atoms in total. The minimum absolute atomic E-state index is 0.0636. The first-order valence-corrected chi connectivity index (χ1v) is 10.7. The molecule has 0 saturated carbocycles. The van der Waals surface area contributed by atoms with Crippen LogP contribution in [0.5, 0.6) is 0 Å². The van der Waals surface area contributed by atoms with Crippen molar-refractivity contribution in [1.29, 1.82) is 0 Å². The predicted molar refractivity (Wildman–Crippen MR) is 121 cm³/mol. The van der Waals surface area contributed by atoms with Crippen molar-refractivity contribution >= 4 is 17.5 Å². The molecule has 0 atom stereocenters. The van der Waals surface area contributed by atoms with Gasteiger partial charge < -0.3 is 14.5 Å². The first-order chi connectivity index (χ1) is 15.8. The van der Waals surface area contributed by atoms with Gasteiger partial charge in [-0.1, -0.05) is 12.1 Å². The molecule has 0 unspecified atom stereocenters. The molecule has 0 aliphatic carbocycles. The monoisotopic (exact) mass is 476 g/mol. The molecule has 34 heavy (non-hydrogen) atoms. The summed E-state index contributed by atoms with van der Waals surface area (Å²) in [6.45, 7) is 9.13. The fraction of sp³-hybridized carbons (Fsp3) is 0.375. The van der Waals surface area contributed by atoms with Crippen molar-refractivity contribution in [3.63, 3.8) is 0 Å². The van der Waals surface area contributed by atoms with Gasteiger partial charge >= 0.3 is 12.3 Å². The molecule has 0 bridgehead atoms. The highest BCUT2D eigenvalue weighted by Crippen LogP contribution is 2.32. The third kappa shape index (κ3) is 6.49. The summed E-state index contributed by atoms with van der Waals surface area (Å²) >= 11 is 0. The summed E-state index contributed by atoms with van der Waals surface area (Å²) < 4.78 is 49.7. The summed E-state index contributed by atoms with van der Waals surface area (Å²) in [6, 6.07) is 11.6. The summed E-state index contributed by atoms with van der Waals surface area (Å²) in [5.74, 6) is 0.428. The van der Waals surface area contributed by atoms with Gasteiger partial charge in [-0.2, -0.15) is 13.2 Å². The lowest BCUT2D eigenvalue weighted by atomic mass is 10.1. The highest BCUT2D eigenvalue weighted by molar-refractivity contribution is 5.76. The van der Waals surface area contributed by atoms with Crippen LogP contribution >= 0.6 is 0 Å². The maximum atomic E-state index is 12.8. The van der Waals surface area contributed by atoms with Gasteiger partial charge in [-0.3, -0.25) is 4.90 Å². The van der Waals surface area contributed by atoms with Crippen LogP contribution in [0.4, 0.5) is 29.3 Å². The van der Waals surface area contributed by atoms with E-state index in [0.29, 0.717) is 16.9 Å². The number of ether oxygens (including phenoxy) is 1. The quantitative estimate of drug-likeness (QED) is 0.429. The summed E-state index contributed by atoms with van der Waals surface area (Å²) in [4.78, 5) is 14.0. The van der Waals surface area contributed by atoms with Crippen molar-refractivity contribution in [3.05, 3.63) is 60.0 Å². The lowest BCUT2D eigenvalue weighted by Crippen LogP contribution is -2.40. The van der Waals surface area contributed by atoms with Crippen LogP contribution in [0.2, 0.25) is 0 Å². The molecule has 3 rings (SSSR count). The number of anilines is 2. The maximum Gasteiger partial charge on any atom is 0.416 e. The molecule has 182 valence electrons. The largest absolute Gasteiger partial charge is 0.444 e. The second-order valence-electron chi connectivity index (χ2n) is 8.95. The van der Waals surface area contributed by atoms with E-state index in [0.717, 1.165) is 12.1 Å². The molecular formula is C24H27F3N4O3. The van der Waals surface area contributed by atoms with Gasteiger partial charge in [0.25, 0.3) is 0 Å². The van der Waals surface area contributed by atoms with E-state index >= 15 is 0 Å². The maximum absolute atomic E-state index is 12.8. The van der Waals surface area contributed by atoms with Crippen LogP contribution in [0.25, 0.3) is 11.5 Å². The van der Waals surface area contributed by atoms with Gasteiger partial charge in [0.05, 0.1) is 16.8 Å².